The molecule has 0 radical (unpaired) electrons. The molecule has 1 amide bonds. The molecule has 0 saturated heterocycles. The number of aryl methyl sites for hydroxylation is 1. The predicted octanol–water partition coefficient (Wildman–Crippen LogP) is 2.47. The van der Waals surface area contributed by atoms with Crippen molar-refractivity contribution < 1.29 is 4.79 Å². The number of halogens is 2. The Morgan fingerprint density at radius 2 is 2.12 bits per heavy atom. The van der Waals surface area contributed by atoms with Crippen molar-refractivity contribution in [3.8, 4) is 0 Å². The first-order valence-corrected chi connectivity index (χ1v) is 6.01. The van der Waals surface area contributed by atoms with Crippen LogP contribution in [0.4, 0.5) is 0 Å². The van der Waals surface area contributed by atoms with Gasteiger partial charge in [0.05, 0.1) is 0 Å². The van der Waals surface area contributed by atoms with Gasteiger partial charge in [-0.3, -0.25) is 4.79 Å². The minimum absolute atomic E-state index is 0. The monoisotopic (exact) mass is 320 g/mol. The molecule has 0 aromatic heterocycles. The molecule has 0 aliphatic carbocycles. The summed E-state index contributed by atoms with van der Waals surface area (Å²) in [5.74, 6) is 0.0639. The molecule has 5 heteroatoms. The van der Waals surface area contributed by atoms with Crippen molar-refractivity contribution in [2.24, 2.45) is 0 Å². The fourth-order valence-corrected chi connectivity index (χ4v) is 1.77. The Morgan fingerprint density at radius 1 is 1.47 bits per heavy atom. The summed E-state index contributed by atoms with van der Waals surface area (Å²) in [7, 11) is 3.70. The largest absolute Gasteiger partial charge is 0.340 e. The minimum Gasteiger partial charge on any atom is -0.340 e. The number of nitrogens with zero attached hydrogens (tertiary/aromatic N) is 1. The van der Waals surface area contributed by atoms with Gasteiger partial charge in [-0.1, -0.05) is 22.0 Å². The van der Waals surface area contributed by atoms with Gasteiger partial charge in [0.2, 0.25) is 0 Å². The van der Waals surface area contributed by atoms with E-state index in [2.05, 4.69) is 21.2 Å². The molecular formula is C12H18BrClN2O. The van der Waals surface area contributed by atoms with Gasteiger partial charge in [-0.05, 0) is 31.7 Å². The molecule has 1 aromatic carbocycles. The maximum Gasteiger partial charge on any atom is 0.253 e. The third kappa shape index (κ3) is 4.66. The molecule has 0 aliphatic heterocycles. The molecule has 0 atom stereocenters. The van der Waals surface area contributed by atoms with E-state index in [1.807, 2.05) is 39.2 Å². The van der Waals surface area contributed by atoms with Gasteiger partial charge < -0.3 is 10.2 Å². The van der Waals surface area contributed by atoms with E-state index in [-0.39, 0.29) is 18.3 Å². The van der Waals surface area contributed by atoms with Crippen LogP contribution < -0.4 is 5.32 Å². The first-order valence-electron chi connectivity index (χ1n) is 5.22. The fourth-order valence-electron chi connectivity index (χ4n) is 1.41. The van der Waals surface area contributed by atoms with Crippen molar-refractivity contribution in [1.29, 1.82) is 0 Å². The third-order valence-corrected chi connectivity index (χ3v) is 2.97. The van der Waals surface area contributed by atoms with Crippen molar-refractivity contribution in [2.75, 3.05) is 27.2 Å². The quantitative estimate of drug-likeness (QED) is 0.924. The first-order chi connectivity index (χ1) is 7.56. The number of amides is 1. The average Bonchev–Trinajstić information content (AvgIpc) is 2.28. The van der Waals surface area contributed by atoms with Crippen LogP contribution in [0.1, 0.15) is 15.9 Å². The van der Waals surface area contributed by atoms with E-state index in [0.29, 0.717) is 6.54 Å². The van der Waals surface area contributed by atoms with E-state index < -0.39 is 0 Å². The first kappa shape index (κ1) is 16.4. The second-order valence-electron chi connectivity index (χ2n) is 3.79. The minimum atomic E-state index is 0. The van der Waals surface area contributed by atoms with Crippen LogP contribution in [0.2, 0.25) is 0 Å². The molecular weight excluding hydrogens is 304 g/mol. The number of benzene rings is 1. The summed E-state index contributed by atoms with van der Waals surface area (Å²) in [5, 5.41) is 3.03. The Balaban J connectivity index is 0.00000256. The molecule has 0 heterocycles. The van der Waals surface area contributed by atoms with E-state index in [4.69, 9.17) is 0 Å². The molecule has 0 fully saturated rings. The van der Waals surface area contributed by atoms with Crippen LogP contribution in [0.15, 0.2) is 22.7 Å². The van der Waals surface area contributed by atoms with Crippen molar-refractivity contribution in [3.63, 3.8) is 0 Å². The Kier molecular flexibility index (Phi) is 7.43. The van der Waals surface area contributed by atoms with E-state index in [9.17, 15) is 4.79 Å². The molecule has 1 N–H and O–H groups in total. The van der Waals surface area contributed by atoms with Crippen LogP contribution in [-0.4, -0.2) is 38.0 Å². The van der Waals surface area contributed by atoms with Gasteiger partial charge in [-0.15, -0.1) is 12.4 Å². The van der Waals surface area contributed by atoms with Crippen molar-refractivity contribution in [3.05, 3.63) is 33.8 Å². The fraction of sp³-hybridized carbons (Fsp3) is 0.417. The third-order valence-electron chi connectivity index (χ3n) is 2.47. The summed E-state index contributed by atoms with van der Waals surface area (Å²) in [6.45, 7) is 3.46. The molecule has 0 bridgehead atoms. The molecule has 96 valence electrons. The highest BCUT2D eigenvalue weighted by molar-refractivity contribution is 9.10. The zero-order chi connectivity index (χ0) is 12.1. The highest BCUT2D eigenvalue weighted by Crippen LogP contribution is 2.17. The summed E-state index contributed by atoms with van der Waals surface area (Å²) in [6.07, 6.45) is 0. The van der Waals surface area contributed by atoms with E-state index >= 15 is 0 Å². The number of nitrogens with one attached hydrogen (secondary N) is 1. The lowest BCUT2D eigenvalue weighted by Gasteiger charge is -2.18. The summed E-state index contributed by atoms with van der Waals surface area (Å²) >= 11 is 3.38. The second-order valence-corrected chi connectivity index (χ2v) is 4.71. The molecule has 0 spiro atoms. The maximum atomic E-state index is 12.1. The van der Waals surface area contributed by atoms with Gasteiger partial charge in [-0.2, -0.15) is 0 Å². The lowest BCUT2D eigenvalue weighted by atomic mass is 10.1. The highest BCUT2D eigenvalue weighted by Gasteiger charge is 2.13. The van der Waals surface area contributed by atoms with Crippen molar-refractivity contribution in [2.45, 2.75) is 6.92 Å². The number of carbonyl (C=O) groups excluding carboxylic acids is 1. The van der Waals surface area contributed by atoms with Crippen molar-refractivity contribution in [1.82, 2.24) is 10.2 Å². The molecule has 0 saturated carbocycles. The topological polar surface area (TPSA) is 32.3 Å². The molecule has 0 aliphatic rings. The van der Waals surface area contributed by atoms with E-state index in [1.165, 1.54) is 0 Å². The van der Waals surface area contributed by atoms with Gasteiger partial charge in [0.25, 0.3) is 5.91 Å². The molecule has 0 unspecified atom stereocenters. The van der Waals surface area contributed by atoms with Gasteiger partial charge in [-0.25, -0.2) is 0 Å². The van der Waals surface area contributed by atoms with Gasteiger partial charge in [0, 0.05) is 30.2 Å². The van der Waals surface area contributed by atoms with Crippen LogP contribution >= 0.6 is 28.3 Å². The Hall–Kier alpha value is -0.580. The lowest BCUT2D eigenvalue weighted by Crippen LogP contribution is -2.33. The average molecular weight is 322 g/mol. The number of hydrogen-bond acceptors (Lipinski definition) is 2. The maximum absolute atomic E-state index is 12.1. The number of likely N-dealkylation sites (N-methyl/N-ethyl adjacent to an activating group) is 2. The SMILES string of the molecule is CNCCN(C)C(=O)c1cc(Br)ccc1C.Cl. The summed E-state index contributed by atoms with van der Waals surface area (Å²) in [4.78, 5) is 13.8. The Morgan fingerprint density at radius 3 is 2.71 bits per heavy atom. The number of carbonyl (C=O) groups is 1. The molecule has 3 nitrogen and oxygen atoms in total. The summed E-state index contributed by atoms with van der Waals surface area (Å²) in [6, 6.07) is 5.76. The zero-order valence-corrected chi connectivity index (χ0v) is 12.7. The van der Waals surface area contributed by atoms with Gasteiger partial charge >= 0.3 is 0 Å². The van der Waals surface area contributed by atoms with Gasteiger partial charge in [0.1, 0.15) is 0 Å². The summed E-state index contributed by atoms with van der Waals surface area (Å²) in [5.41, 5.74) is 1.76. The smallest absolute Gasteiger partial charge is 0.253 e. The zero-order valence-electron chi connectivity index (χ0n) is 10.3. The van der Waals surface area contributed by atoms with Crippen molar-refractivity contribution >= 4 is 34.2 Å². The predicted molar refractivity (Wildman–Crippen MR) is 77.0 cm³/mol. The van der Waals surface area contributed by atoms with Crippen LogP contribution in [0.5, 0.6) is 0 Å². The summed E-state index contributed by atoms with van der Waals surface area (Å²) < 4.78 is 0.934. The van der Waals surface area contributed by atoms with Crippen LogP contribution in [-0.2, 0) is 0 Å². The Labute approximate surface area is 117 Å². The number of rotatable bonds is 4. The standard InChI is InChI=1S/C12H17BrN2O.ClH/c1-9-4-5-10(13)8-11(9)12(16)15(3)7-6-14-2;/h4-5,8,14H,6-7H2,1-3H3;1H. The second kappa shape index (κ2) is 7.69. The van der Waals surface area contributed by atoms with E-state index in [0.717, 1.165) is 22.1 Å². The van der Waals surface area contributed by atoms with Crippen LogP contribution in [0, 0.1) is 6.92 Å². The van der Waals surface area contributed by atoms with E-state index in [1.54, 1.807) is 4.90 Å². The molecule has 17 heavy (non-hydrogen) atoms. The molecule has 1 rings (SSSR count). The lowest BCUT2D eigenvalue weighted by molar-refractivity contribution is 0.0796. The van der Waals surface area contributed by atoms with Crippen LogP contribution in [0.3, 0.4) is 0 Å². The Bertz CT molecular complexity index is 385. The van der Waals surface area contributed by atoms with Crippen LogP contribution in [0.25, 0.3) is 0 Å². The molecule has 1 aromatic rings. The highest BCUT2D eigenvalue weighted by atomic mass is 79.9. The normalized spacial score (nSPS) is 9.65. The number of hydrogen-bond donors (Lipinski definition) is 1. The van der Waals surface area contributed by atoms with Gasteiger partial charge in [0.15, 0.2) is 0 Å².